The van der Waals surface area contributed by atoms with E-state index in [0.717, 1.165) is 56.4 Å². The molecule has 0 aliphatic carbocycles. The fourth-order valence-electron chi connectivity index (χ4n) is 6.03. The van der Waals surface area contributed by atoms with Crippen molar-refractivity contribution in [1.29, 1.82) is 0 Å². The van der Waals surface area contributed by atoms with Crippen LogP contribution in [0.2, 0.25) is 0 Å². The summed E-state index contributed by atoms with van der Waals surface area (Å²) in [4.78, 5) is 37.1. The van der Waals surface area contributed by atoms with Crippen molar-refractivity contribution in [1.82, 2.24) is 29.6 Å². The lowest BCUT2D eigenvalue weighted by molar-refractivity contribution is -0.0374. The number of rotatable bonds is 6. The molecule has 2 aliphatic heterocycles. The van der Waals surface area contributed by atoms with E-state index in [4.69, 9.17) is 34.0 Å². The second-order valence-corrected chi connectivity index (χ2v) is 15.1. The minimum Gasteiger partial charge on any atom is -0.444 e. The van der Waals surface area contributed by atoms with Gasteiger partial charge in [0.15, 0.2) is 17.4 Å². The van der Waals surface area contributed by atoms with Crippen LogP contribution in [0.5, 0.6) is 11.6 Å². The molecule has 1 atom stereocenters. The predicted molar refractivity (Wildman–Crippen MR) is 182 cm³/mol. The van der Waals surface area contributed by atoms with Gasteiger partial charge >= 0.3 is 12.2 Å². The van der Waals surface area contributed by atoms with Crippen LogP contribution in [0.1, 0.15) is 86.8 Å². The van der Waals surface area contributed by atoms with E-state index in [0.29, 0.717) is 41.5 Å². The van der Waals surface area contributed by atoms with Crippen LogP contribution in [0.25, 0.3) is 22.1 Å². The van der Waals surface area contributed by atoms with Crippen LogP contribution in [0.4, 0.5) is 15.4 Å². The first-order chi connectivity index (χ1) is 22.7. The zero-order chi connectivity index (χ0) is 34.3. The van der Waals surface area contributed by atoms with Crippen LogP contribution in [0, 0.1) is 5.41 Å². The molecular weight excluding hydrogens is 614 g/mol. The van der Waals surface area contributed by atoms with E-state index in [1.54, 1.807) is 23.1 Å². The molecular formula is C35H47N7O6. The first-order valence-corrected chi connectivity index (χ1v) is 16.8. The Morgan fingerprint density at radius 1 is 1.04 bits per heavy atom. The Hall–Kier alpha value is -4.39. The number of ether oxygens (including phenoxy) is 4. The van der Waals surface area contributed by atoms with Crippen molar-refractivity contribution >= 4 is 40.1 Å². The molecule has 1 unspecified atom stereocenters. The monoisotopic (exact) mass is 661 g/mol. The maximum Gasteiger partial charge on any atom is 0.418 e. The molecule has 3 aromatic heterocycles. The second-order valence-electron chi connectivity index (χ2n) is 15.1. The van der Waals surface area contributed by atoms with Crippen molar-refractivity contribution in [3.63, 3.8) is 0 Å². The molecule has 2 aliphatic rings. The fraction of sp³-hybridized carbons (Fsp3) is 0.571. The molecule has 48 heavy (non-hydrogen) atoms. The van der Waals surface area contributed by atoms with Crippen molar-refractivity contribution < 1.29 is 28.5 Å². The van der Waals surface area contributed by atoms with Crippen LogP contribution < -0.4 is 15.0 Å². The number of nitrogens with one attached hydrogen (secondary N) is 1. The summed E-state index contributed by atoms with van der Waals surface area (Å²) in [6.07, 6.45) is 6.98. The number of carbonyl (C=O) groups is 2. The van der Waals surface area contributed by atoms with Crippen LogP contribution in [-0.4, -0.2) is 73.9 Å². The van der Waals surface area contributed by atoms with Crippen LogP contribution in [-0.2, 0) is 14.2 Å². The van der Waals surface area contributed by atoms with Crippen molar-refractivity contribution in [2.24, 2.45) is 5.41 Å². The topological polar surface area (TPSA) is 135 Å². The van der Waals surface area contributed by atoms with E-state index in [9.17, 15) is 9.59 Å². The van der Waals surface area contributed by atoms with Gasteiger partial charge in [0, 0.05) is 37.8 Å². The largest absolute Gasteiger partial charge is 0.444 e. The van der Waals surface area contributed by atoms with Gasteiger partial charge in [-0.25, -0.2) is 24.2 Å². The van der Waals surface area contributed by atoms with Crippen LogP contribution in [0.15, 0.2) is 36.7 Å². The zero-order valence-electron chi connectivity index (χ0n) is 29.0. The minimum atomic E-state index is -0.602. The minimum absolute atomic E-state index is 0.0569. The maximum absolute atomic E-state index is 12.7. The Labute approximate surface area is 280 Å². The highest BCUT2D eigenvalue weighted by atomic mass is 16.6. The quantitative estimate of drug-likeness (QED) is 0.226. The number of nitrogens with zero attached hydrogens (tertiary/aromatic N) is 6. The number of alkyl carbamates (subject to hydrolysis) is 1. The number of benzene rings is 1. The van der Waals surface area contributed by atoms with Gasteiger partial charge in [0.1, 0.15) is 22.8 Å². The van der Waals surface area contributed by atoms with E-state index in [1.165, 1.54) is 4.57 Å². The lowest BCUT2D eigenvalue weighted by atomic mass is 9.80. The van der Waals surface area contributed by atoms with Gasteiger partial charge in [0.25, 0.3) is 5.88 Å². The van der Waals surface area contributed by atoms with E-state index in [2.05, 4.69) is 17.1 Å². The highest BCUT2D eigenvalue weighted by Crippen LogP contribution is 2.36. The van der Waals surface area contributed by atoms with Crippen molar-refractivity contribution in [2.75, 3.05) is 31.1 Å². The van der Waals surface area contributed by atoms with Crippen molar-refractivity contribution in [2.45, 2.75) is 98.0 Å². The number of carbonyl (C=O) groups excluding carboxylic acids is 2. The average molecular weight is 662 g/mol. The normalized spacial score (nSPS) is 18.6. The molecule has 2 saturated heterocycles. The Bertz CT molecular complexity index is 1790. The average Bonchev–Trinajstić information content (AvgIpc) is 3.60. The molecule has 0 saturated carbocycles. The number of aromatic nitrogens is 5. The van der Waals surface area contributed by atoms with Gasteiger partial charge in [0.2, 0.25) is 0 Å². The molecule has 6 rings (SSSR count). The summed E-state index contributed by atoms with van der Waals surface area (Å²) in [5.74, 6) is 1.66. The standard InChI is InChI=1S/C35H47N7O6/c1-33(2,3)47-31(43)37-22-35(7)14-17-40(18-15-35)26-21-36-28-29(38-26)42(27-10-8-9-19-45-27)39-30(28)46-24-11-12-25-23(20-24)13-16-41(25)32(44)48-34(4,5)6/h11-13,16,20-21,27H,8-10,14-15,17-19,22H2,1-7H3,(H,37,43). The molecule has 5 heterocycles. The maximum atomic E-state index is 12.7. The first-order valence-electron chi connectivity index (χ1n) is 16.8. The Kier molecular flexibility index (Phi) is 9.01. The highest BCUT2D eigenvalue weighted by Gasteiger charge is 2.33. The molecule has 258 valence electrons. The summed E-state index contributed by atoms with van der Waals surface area (Å²) >= 11 is 0. The summed E-state index contributed by atoms with van der Waals surface area (Å²) in [5.41, 5.74) is 0.669. The summed E-state index contributed by atoms with van der Waals surface area (Å²) < 4.78 is 26.7. The molecule has 2 fully saturated rings. The van der Waals surface area contributed by atoms with E-state index < -0.39 is 23.4 Å². The third-order valence-electron chi connectivity index (χ3n) is 8.61. The smallest absolute Gasteiger partial charge is 0.418 e. The third-order valence-corrected chi connectivity index (χ3v) is 8.61. The van der Waals surface area contributed by atoms with Gasteiger partial charge in [-0.3, -0.25) is 4.57 Å². The van der Waals surface area contributed by atoms with Crippen molar-refractivity contribution in [3.05, 3.63) is 36.7 Å². The molecule has 4 aromatic rings. The first kappa shape index (κ1) is 33.5. The molecule has 0 radical (unpaired) electrons. The summed E-state index contributed by atoms with van der Waals surface area (Å²) in [6, 6.07) is 7.34. The molecule has 13 nitrogen and oxygen atoms in total. The summed E-state index contributed by atoms with van der Waals surface area (Å²) in [7, 11) is 0. The Morgan fingerprint density at radius 2 is 1.79 bits per heavy atom. The predicted octanol–water partition coefficient (Wildman–Crippen LogP) is 7.19. The van der Waals surface area contributed by atoms with Gasteiger partial charge < -0.3 is 29.2 Å². The van der Waals surface area contributed by atoms with Crippen LogP contribution >= 0.6 is 0 Å². The number of hydrogen-bond acceptors (Lipinski definition) is 10. The highest BCUT2D eigenvalue weighted by molar-refractivity contribution is 5.90. The summed E-state index contributed by atoms with van der Waals surface area (Å²) in [5, 5.41) is 8.61. The second kappa shape index (κ2) is 12.9. The van der Waals surface area contributed by atoms with Gasteiger partial charge in [-0.2, -0.15) is 0 Å². The van der Waals surface area contributed by atoms with Gasteiger partial charge in [-0.1, -0.05) is 6.92 Å². The van der Waals surface area contributed by atoms with E-state index in [-0.39, 0.29) is 11.6 Å². The lowest BCUT2D eigenvalue weighted by Gasteiger charge is -2.40. The van der Waals surface area contributed by atoms with E-state index in [1.807, 2.05) is 59.7 Å². The third kappa shape index (κ3) is 7.67. The van der Waals surface area contributed by atoms with Crippen LogP contribution in [0.3, 0.4) is 0 Å². The number of amides is 1. The number of piperidine rings is 1. The SMILES string of the molecule is CC1(CNC(=O)OC(C)(C)C)CCN(c2cnc3c(Oc4ccc5c(ccn5C(=O)OC(C)(C)C)c4)nn(C4CCCCO4)c3n2)CC1. The molecule has 0 bridgehead atoms. The molecule has 1 aromatic carbocycles. The Morgan fingerprint density at radius 3 is 2.48 bits per heavy atom. The van der Waals surface area contributed by atoms with Gasteiger partial charge in [-0.15, -0.1) is 5.10 Å². The lowest BCUT2D eigenvalue weighted by Crippen LogP contribution is -2.46. The number of anilines is 1. The van der Waals surface area contributed by atoms with Crippen molar-refractivity contribution in [3.8, 4) is 11.6 Å². The number of hydrogen-bond donors (Lipinski definition) is 1. The summed E-state index contributed by atoms with van der Waals surface area (Å²) in [6.45, 7) is 16.0. The van der Waals surface area contributed by atoms with Gasteiger partial charge in [-0.05, 0) is 103 Å². The molecule has 1 amide bonds. The molecule has 0 spiro atoms. The van der Waals surface area contributed by atoms with E-state index >= 15 is 0 Å². The zero-order valence-corrected chi connectivity index (χ0v) is 29.0. The fourth-order valence-corrected chi connectivity index (χ4v) is 6.03. The Balaban J connectivity index is 1.21. The number of fused-ring (bicyclic) bond motifs is 2. The molecule has 13 heteroatoms. The molecule has 1 N–H and O–H groups in total. The van der Waals surface area contributed by atoms with Gasteiger partial charge in [0.05, 0.1) is 11.7 Å².